The summed E-state index contributed by atoms with van der Waals surface area (Å²) in [7, 11) is 0. The fourth-order valence-corrected chi connectivity index (χ4v) is 5.80. The van der Waals surface area contributed by atoms with Crippen molar-refractivity contribution in [3.8, 4) is 0 Å². The predicted molar refractivity (Wildman–Crippen MR) is 112 cm³/mol. The molecule has 0 amide bonds. The fraction of sp³-hybridized carbons (Fsp3) is 0.750. The second-order valence-corrected chi connectivity index (χ2v) is 9.75. The van der Waals surface area contributed by atoms with Gasteiger partial charge in [-0.3, -0.25) is 9.59 Å². The standard InChI is InChI=1S/C24H38O4/c1-16(11-14-27-18(3)25)9-10-20-17(2)21(28-19(4)26)15-22-23(5,6)12-8-13-24(20,22)7/h11,20-22H,2,8-10,12-15H2,1,3-7H3/b16-11+/t20-,21+,22-,24-/m0/s1. The molecule has 2 aliphatic carbocycles. The van der Waals surface area contributed by atoms with Crippen molar-refractivity contribution in [2.45, 2.75) is 86.2 Å². The molecule has 2 rings (SSSR count). The van der Waals surface area contributed by atoms with Crippen LogP contribution in [0.1, 0.15) is 80.1 Å². The molecule has 0 bridgehead atoms. The Hall–Kier alpha value is -1.58. The van der Waals surface area contributed by atoms with Crippen molar-refractivity contribution in [3.05, 3.63) is 23.8 Å². The average Bonchev–Trinajstić information content (AvgIpc) is 2.55. The van der Waals surface area contributed by atoms with E-state index < -0.39 is 0 Å². The monoisotopic (exact) mass is 390 g/mol. The first-order valence-electron chi connectivity index (χ1n) is 10.6. The zero-order chi connectivity index (χ0) is 21.1. The van der Waals surface area contributed by atoms with Gasteiger partial charge in [0.05, 0.1) is 0 Å². The Morgan fingerprint density at radius 3 is 2.43 bits per heavy atom. The lowest BCUT2D eigenvalue weighted by molar-refractivity contribution is -0.153. The second-order valence-electron chi connectivity index (χ2n) is 9.75. The van der Waals surface area contributed by atoms with Gasteiger partial charge in [0.1, 0.15) is 12.7 Å². The van der Waals surface area contributed by atoms with E-state index in [1.54, 1.807) is 0 Å². The topological polar surface area (TPSA) is 52.6 Å². The maximum atomic E-state index is 11.7. The van der Waals surface area contributed by atoms with E-state index >= 15 is 0 Å². The van der Waals surface area contributed by atoms with Crippen molar-refractivity contribution >= 4 is 11.9 Å². The third-order valence-corrected chi connectivity index (χ3v) is 7.24. The van der Waals surface area contributed by atoms with Crippen molar-refractivity contribution in [3.63, 3.8) is 0 Å². The smallest absolute Gasteiger partial charge is 0.303 e. The van der Waals surface area contributed by atoms with Crippen LogP contribution in [0.3, 0.4) is 0 Å². The number of carbonyl (C=O) groups is 2. The molecule has 0 radical (unpaired) electrons. The Labute approximate surface area is 170 Å². The molecule has 0 heterocycles. The van der Waals surface area contributed by atoms with E-state index in [0.717, 1.165) is 24.8 Å². The number of hydrogen-bond donors (Lipinski definition) is 0. The molecule has 0 N–H and O–H groups in total. The summed E-state index contributed by atoms with van der Waals surface area (Å²) in [5, 5.41) is 0. The number of esters is 2. The number of fused-ring (bicyclic) bond motifs is 1. The van der Waals surface area contributed by atoms with Crippen molar-refractivity contribution in [1.82, 2.24) is 0 Å². The third-order valence-electron chi connectivity index (χ3n) is 7.24. The maximum absolute atomic E-state index is 11.7. The summed E-state index contributed by atoms with van der Waals surface area (Å²) >= 11 is 0. The van der Waals surface area contributed by atoms with Crippen LogP contribution in [0.4, 0.5) is 0 Å². The molecule has 0 aromatic rings. The molecule has 2 aliphatic rings. The van der Waals surface area contributed by atoms with E-state index in [2.05, 4.69) is 34.3 Å². The molecule has 0 spiro atoms. The molecule has 4 nitrogen and oxygen atoms in total. The highest BCUT2D eigenvalue weighted by Crippen LogP contribution is 2.62. The molecule has 0 saturated heterocycles. The van der Waals surface area contributed by atoms with Crippen molar-refractivity contribution in [2.75, 3.05) is 6.61 Å². The first kappa shape index (κ1) is 22.7. The highest BCUT2D eigenvalue weighted by molar-refractivity contribution is 5.66. The van der Waals surface area contributed by atoms with E-state index in [1.807, 2.05) is 6.08 Å². The van der Waals surface area contributed by atoms with Crippen LogP contribution in [0, 0.1) is 22.7 Å². The normalized spacial score (nSPS) is 32.4. The van der Waals surface area contributed by atoms with Gasteiger partial charge >= 0.3 is 11.9 Å². The molecule has 4 atom stereocenters. The Bertz CT molecular complexity index is 645. The molecule has 0 unspecified atom stereocenters. The Morgan fingerprint density at radius 2 is 1.82 bits per heavy atom. The van der Waals surface area contributed by atoms with Gasteiger partial charge in [0.25, 0.3) is 0 Å². The van der Waals surface area contributed by atoms with Crippen LogP contribution in [0.5, 0.6) is 0 Å². The quantitative estimate of drug-likeness (QED) is 0.436. The van der Waals surface area contributed by atoms with Gasteiger partial charge < -0.3 is 9.47 Å². The Kier molecular flexibility index (Phi) is 7.17. The van der Waals surface area contributed by atoms with Gasteiger partial charge in [0, 0.05) is 13.8 Å². The zero-order valence-electron chi connectivity index (χ0n) is 18.6. The van der Waals surface area contributed by atoms with Gasteiger partial charge in [0.15, 0.2) is 0 Å². The van der Waals surface area contributed by atoms with E-state index in [4.69, 9.17) is 9.47 Å². The molecule has 2 saturated carbocycles. The first-order chi connectivity index (χ1) is 13.0. The minimum Gasteiger partial charge on any atom is -0.462 e. The number of hydrogen-bond acceptors (Lipinski definition) is 4. The molecule has 0 aromatic heterocycles. The molecular formula is C24H38O4. The minimum absolute atomic E-state index is 0.178. The van der Waals surface area contributed by atoms with Crippen molar-refractivity contribution < 1.29 is 19.1 Å². The maximum Gasteiger partial charge on any atom is 0.303 e. The van der Waals surface area contributed by atoms with Crippen LogP contribution in [0.15, 0.2) is 23.8 Å². The summed E-state index contributed by atoms with van der Waals surface area (Å²) in [6, 6.07) is 0. The van der Waals surface area contributed by atoms with E-state index in [0.29, 0.717) is 18.4 Å². The zero-order valence-corrected chi connectivity index (χ0v) is 18.6. The second kappa shape index (κ2) is 8.84. The molecule has 28 heavy (non-hydrogen) atoms. The van der Waals surface area contributed by atoms with E-state index in [1.165, 1.54) is 38.7 Å². The first-order valence-corrected chi connectivity index (χ1v) is 10.6. The lowest BCUT2D eigenvalue weighted by Gasteiger charge is -2.59. The van der Waals surface area contributed by atoms with Crippen molar-refractivity contribution in [1.29, 1.82) is 0 Å². The Balaban J connectivity index is 2.21. The lowest BCUT2D eigenvalue weighted by atomic mass is 9.46. The molecule has 0 aliphatic heterocycles. The summed E-state index contributed by atoms with van der Waals surface area (Å²) in [5.41, 5.74) is 2.73. The van der Waals surface area contributed by atoms with Gasteiger partial charge in [-0.2, -0.15) is 0 Å². The van der Waals surface area contributed by atoms with Gasteiger partial charge in [-0.15, -0.1) is 0 Å². The van der Waals surface area contributed by atoms with Crippen LogP contribution in [-0.4, -0.2) is 24.6 Å². The van der Waals surface area contributed by atoms with Crippen LogP contribution in [0.2, 0.25) is 0 Å². The fourth-order valence-electron chi connectivity index (χ4n) is 5.80. The van der Waals surface area contributed by atoms with E-state index in [-0.39, 0.29) is 28.9 Å². The summed E-state index contributed by atoms with van der Waals surface area (Å²) < 4.78 is 10.7. The predicted octanol–water partition coefficient (Wildman–Crippen LogP) is 5.62. The van der Waals surface area contributed by atoms with Crippen LogP contribution < -0.4 is 0 Å². The summed E-state index contributed by atoms with van der Waals surface area (Å²) in [6.45, 7) is 16.9. The van der Waals surface area contributed by atoms with Gasteiger partial charge in [-0.1, -0.05) is 39.3 Å². The SMILES string of the molecule is C=C1[C@H](OC(C)=O)C[C@H]2C(C)(C)CCC[C@@]2(C)[C@H]1CC/C(C)=C/COC(C)=O. The van der Waals surface area contributed by atoms with Gasteiger partial charge in [0.2, 0.25) is 0 Å². The highest BCUT2D eigenvalue weighted by Gasteiger charge is 2.55. The molecule has 2 fully saturated rings. The largest absolute Gasteiger partial charge is 0.462 e. The van der Waals surface area contributed by atoms with Gasteiger partial charge in [-0.25, -0.2) is 0 Å². The number of rotatable bonds is 6. The lowest BCUT2D eigenvalue weighted by Crippen LogP contribution is -2.53. The number of carbonyl (C=O) groups excluding carboxylic acids is 2. The summed E-state index contributed by atoms with van der Waals surface area (Å²) in [4.78, 5) is 22.6. The summed E-state index contributed by atoms with van der Waals surface area (Å²) in [5.74, 6) is 0.361. The molecule has 0 aromatic carbocycles. The Morgan fingerprint density at radius 1 is 1.14 bits per heavy atom. The molecule has 158 valence electrons. The minimum atomic E-state index is -0.256. The molecule has 4 heteroatoms. The number of ether oxygens (including phenoxy) is 2. The van der Waals surface area contributed by atoms with Crippen molar-refractivity contribution in [2.24, 2.45) is 22.7 Å². The molecular weight excluding hydrogens is 352 g/mol. The van der Waals surface area contributed by atoms with Crippen LogP contribution in [-0.2, 0) is 19.1 Å². The number of allylic oxidation sites excluding steroid dienone is 1. The van der Waals surface area contributed by atoms with Crippen LogP contribution >= 0.6 is 0 Å². The summed E-state index contributed by atoms with van der Waals surface area (Å²) in [6.07, 6.45) is 8.28. The average molecular weight is 391 g/mol. The van der Waals surface area contributed by atoms with E-state index in [9.17, 15) is 9.59 Å². The van der Waals surface area contributed by atoms with Gasteiger partial charge in [-0.05, 0) is 73.3 Å². The third kappa shape index (κ3) is 5.07. The highest BCUT2D eigenvalue weighted by atomic mass is 16.5. The van der Waals surface area contributed by atoms with Crippen LogP contribution in [0.25, 0.3) is 0 Å².